The molecule has 0 heterocycles. The minimum atomic E-state index is 0.558. The predicted molar refractivity (Wildman–Crippen MR) is 49.2 cm³/mol. The Balaban J connectivity index is 2.61. The summed E-state index contributed by atoms with van der Waals surface area (Å²) < 4.78 is 0. The average molecular weight is 149 g/mol. The van der Waals surface area contributed by atoms with Crippen LogP contribution < -0.4 is 5.32 Å². The third kappa shape index (κ3) is 2.62. The first-order valence-electron chi connectivity index (χ1n) is 4.13. The summed E-state index contributed by atoms with van der Waals surface area (Å²) in [5, 5.41) is 3.27. The smallest absolute Gasteiger partial charge is 0.0336 e. The van der Waals surface area contributed by atoms with Gasteiger partial charge in [-0.15, -0.1) is 0 Å². The Labute approximate surface area is 68.5 Å². The largest absolute Gasteiger partial charge is 0.385 e. The van der Waals surface area contributed by atoms with Crippen LogP contribution in [0.3, 0.4) is 0 Å². The third-order valence-corrected chi connectivity index (χ3v) is 1.65. The van der Waals surface area contributed by atoms with Gasteiger partial charge in [0.2, 0.25) is 0 Å². The van der Waals surface area contributed by atoms with E-state index in [4.69, 9.17) is 0 Å². The standard InChI is InChI=1S/C10H15N/c1-3-11-10-6-4-5-9(2)7-8-10/h4-9,11H,3H2,1-2H3. The summed E-state index contributed by atoms with van der Waals surface area (Å²) in [6.45, 7) is 5.26. The first-order valence-corrected chi connectivity index (χ1v) is 4.13. The molecule has 1 rings (SSSR count). The van der Waals surface area contributed by atoms with Crippen LogP contribution in [0.25, 0.3) is 0 Å². The lowest BCUT2D eigenvalue weighted by molar-refractivity contribution is 0.874. The highest BCUT2D eigenvalue weighted by atomic mass is 14.9. The van der Waals surface area contributed by atoms with Gasteiger partial charge in [-0.2, -0.15) is 0 Å². The summed E-state index contributed by atoms with van der Waals surface area (Å²) >= 11 is 0. The first kappa shape index (κ1) is 8.12. The van der Waals surface area contributed by atoms with Crippen LogP contribution in [0.15, 0.2) is 36.1 Å². The summed E-state index contributed by atoms with van der Waals surface area (Å²) in [5.74, 6) is 0.558. The van der Waals surface area contributed by atoms with Gasteiger partial charge in [-0.1, -0.05) is 25.2 Å². The average Bonchev–Trinajstić information content (AvgIpc) is 2.17. The topological polar surface area (TPSA) is 12.0 Å². The van der Waals surface area contributed by atoms with Crippen LogP contribution in [0.1, 0.15) is 13.8 Å². The minimum Gasteiger partial charge on any atom is -0.385 e. The van der Waals surface area contributed by atoms with E-state index in [-0.39, 0.29) is 0 Å². The van der Waals surface area contributed by atoms with Gasteiger partial charge in [0.05, 0.1) is 0 Å². The van der Waals surface area contributed by atoms with Crippen LogP contribution in [0.5, 0.6) is 0 Å². The van der Waals surface area contributed by atoms with E-state index >= 15 is 0 Å². The highest BCUT2D eigenvalue weighted by Gasteiger charge is 1.94. The van der Waals surface area contributed by atoms with Crippen molar-refractivity contribution in [2.45, 2.75) is 13.8 Å². The van der Waals surface area contributed by atoms with E-state index in [1.54, 1.807) is 0 Å². The van der Waals surface area contributed by atoms with Gasteiger partial charge in [0.25, 0.3) is 0 Å². The molecule has 1 heteroatoms. The molecule has 0 amide bonds. The molecule has 0 aliphatic heterocycles. The quantitative estimate of drug-likeness (QED) is 0.635. The van der Waals surface area contributed by atoms with Gasteiger partial charge in [-0.25, -0.2) is 0 Å². The molecular weight excluding hydrogens is 134 g/mol. The van der Waals surface area contributed by atoms with Gasteiger partial charge in [0, 0.05) is 12.2 Å². The predicted octanol–water partition coefficient (Wildman–Crippen LogP) is 2.24. The number of allylic oxidation sites excluding steroid dienone is 5. The molecule has 0 saturated carbocycles. The van der Waals surface area contributed by atoms with E-state index in [9.17, 15) is 0 Å². The van der Waals surface area contributed by atoms with Crippen molar-refractivity contribution in [2.24, 2.45) is 5.92 Å². The van der Waals surface area contributed by atoms with E-state index < -0.39 is 0 Å². The zero-order valence-electron chi connectivity index (χ0n) is 7.17. The molecule has 0 bridgehead atoms. The highest BCUT2D eigenvalue weighted by molar-refractivity contribution is 5.26. The minimum absolute atomic E-state index is 0.558. The van der Waals surface area contributed by atoms with Crippen molar-refractivity contribution in [1.82, 2.24) is 5.32 Å². The van der Waals surface area contributed by atoms with Crippen molar-refractivity contribution in [2.75, 3.05) is 6.54 Å². The number of hydrogen-bond acceptors (Lipinski definition) is 1. The van der Waals surface area contributed by atoms with Gasteiger partial charge in [0.1, 0.15) is 0 Å². The lowest BCUT2D eigenvalue weighted by Crippen LogP contribution is -2.09. The Kier molecular flexibility index (Phi) is 2.96. The number of nitrogens with one attached hydrogen (secondary N) is 1. The molecule has 60 valence electrons. The zero-order valence-corrected chi connectivity index (χ0v) is 7.17. The van der Waals surface area contributed by atoms with E-state index in [1.165, 1.54) is 5.70 Å². The maximum Gasteiger partial charge on any atom is 0.0336 e. The third-order valence-electron chi connectivity index (χ3n) is 1.65. The second-order valence-corrected chi connectivity index (χ2v) is 2.76. The summed E-state index contributed by atoms with van der Waals surface area (Å²) in [6, 6.07) is 0. The fourth-order valence-corrected chi connectivity index (χ4v) is 1.03. The number of rotatable bonds is 2. The molecule has 0 spiro atoms. The second kappa shape index (κ2) is 4.02. The molecular formula is C10H15N. The van der Waals surface area contributed by atoms with Crippen molar-refractivity contribution < 1.29 is 0 Å². The summed E-state index contributed by atoms with van der Waals surface area (Å²) in [6.07, 6.45) is 10.7. The monoisotopic (exact) mass is 149 g/mol. The van der Waals surface area contributed by atoms with Crippen LogP contribution in [0.2, 0.25) is 0 Å². The van der Waals surface area contributed by atoms with Gasteiger partial charge in [-0.05, 0) is 25.0 Å². The molecule has 0 radical (unpaired) electrons. The zero-order chi connectivity index (χ0) is 8.10. The van der Waals surface area contributed by atoms with Crippen LogP contribution >= 0.6 is 0 Å². The van der Waals surface area contributed by atoms with Gasteiger partial charge in [0.15, 0.2) is 0 Å². The fraction of sp³-hybridized carbons (Fsp3) is 0.400. The van der Waals surface area contributed by atoms with Crippen molar-refractivity contribution >= 4 is 0 Å². The lowest BCUT2D eigenvalue weighted by Gasteiger charge is -2.00. The molecule has 1 unspecified atom stereocenters. The SMILES string of the molecule is CCNC1=CC=CC(C)C=C1. The Morgan fingerprint density at radius 3 is 3.00 bits per heavy atom. The molecule has 0 aromatic heterocycles. The Morgan fingerprint density at radius 1 is 1.45 bits per heavy atom. The molecule has 1 N–H and O–H groups in total. The van der Waals surface area contributed by atoms with E-state index in [2.05, 4.69) is 49.5 Å². The second-order valence-electron chi connectivity index (χ2n) is 2.76. The van der Waals surface area contributed by atoms with Gasteiger partial charge < -0.3 is 5.32 Å². The molecule has 0 aromatic rings. The van der Waals surface area contributed by atoms with Gasteiger partial charge in [-0.3, -0.25) is 0 Å². The number of hydrogen-bond donors (Lipinski definition) is 1. The van der Waals surface area contributed by atoms with E-state index in [0.717, 1.165) is 6.54 Å². The Morgan fingerprint density at radius 2 is 2.27 bits per heavy atom. The van der Waals surface area contributed by atoms with Crippen LogP contribution in [0, 0.1) is 5.92 Å². The normalized spacial score (nSPS) is 22.7. The van der Waals surface area contributed by atoms with Crippen molar-refractivity contribution in [3.05, 3.63) is 36.1 Å². The molecule has 0 aromatic carbocycles. The number of likely N-dealkylation sites (N-methyl/N-ethyl adjacent to an activating group) is 1. The molecule has 0 fully saturated rings. The highest BCUT2D eigenvalue weighted by Crippen LogP contribution is 2.06. The maximum absolute atomic E-state index is 3.27. The lowest BCUT2D eigenvalue weighted by atomic mass is 10.2. The summed E-state index contributed by atoms with van der Waals surface area (Å²) in [4.78, 5) is 0. The molecule has 1 aliphatic carbocycles. The van der Waals surface area contributed by atoms with Crippen LogP contribution in [0.4, 0.5) is 0 Å². The molecule has 11 heavy (non-hydrogen) atoms. The van der Waals surface area contributed by atoms with Gasteiger partial charge >= 0.3 is 0 Å². The summed E-state index contributed by atoms with van der Waals surface area (Å²) in [5.41, 5.74) is 1.20. The van der Waals surface area contributed by atoms with Crippen LogP contribution in [-0.4, -0.2) is 6.54 Å². The first-order chi connectivity index (χ1) is 5.33. The van der Waals surface area contributed by atoms with Crippen molar-refractivity contribution in [1.29, 1.82) is 0 Å². The molecule has 1 atom stereocenters. The Bertz CT molecular complexity index is 199. The van der Waals surface area contributed by atoms with Crippen molar-refractivity contribution in [3.63, 3.8) is 0 Å². The Hall–Kier alpha value is -0.980. The molecule has 0 saturated heterocycles. The fourth-order valence-electron chi connectivity index (χ4n) is 1.03. The molecule has 1 aliphatic rings. The van der Waals surface area contributed by atoms with E-state index in [0.29, 0.717) is 5.92 Å². The van der Waals surface area contributed by atoms with Crippen molar-refractivity contribution in [3.8, 4) is 0 Å². The molecule has 1 nitrogen and oxygen atoms in total. The van der Waals surface area contributed by atoms with Crippen LogP contribution in [-0.2, 0) is 0 Å². The summed E-state index contributed by atoms with van der Waals surface area (Å²) in [7, 11) is 0. The van der Waals surface area contributed by atoms with E-state index in [1.807, 2.05) is 0 Å². The maximum atomic E-state index is 3.27.